The fraction of sp³-hybridized carbons (Fsp3) is 0.211. The Hall–Kier alpha value is -3.20. The molecule has 0 bridgehead atoms. The summed E-state index contributed by atoms with van der Waals surface area (Å²) in [6.07, 6.45) is 1.47. The quantitative estimate of drug-likeness (QED) is 0.520. The number of sulfone groups is 1. The van der Waals surface area contributed by atoms with Gasteiger partial charge in [-0.2, -0.15) is 0 Å². The lowest BCUT2D eigenvalue weighted by atomic mass is 10.2. The van der Waals surface area contributed by atoms with Crippen molar-refractivity contribution in [3.05, 3.63) is 81.8 Å². The Morgan fingerprint density at radius 1 is 1.14 bits per heavy atom. The minimum Gasteiger partial charge on any atom is -0.477 e. The van der Waals surface area contributed by atoms with Crippen LogP contribution in [0.4, 0.5) is 5.69 Å². The van der Waals surface area contributed by atoms with E-state index in [1.165, 1.54) is 29.2 Å². The van der Waals surface area contributed by atoms with Gasteiger partial charge in [-0.3, -0.25) is 14.9 Å². The third-order valence-electron chi connectivity index (χ3n) is 4.24. The summed E-state index contributed by atoms with van der Waals surface area (Å²) in [5.41, 5.74) is 0.590. The standard InChI is InChI=1S/C19H18N2O6S/c22-19(13-27-18-9-5-4-8-17(18)21(23)24)20(12-15-6-2-1-3-7-15)16-10-11-28(25,26)14-16/h1-11,16H,12-14H2/t16-/m0/s1. The predicted octanol–water partition coefficient (Wildman–Crippen LogP) is 2.31. The second-order valence-electron chi connectivity index (χ2n) is 6.25. The lowest BCUT2D eigenvalue weighted by molar-refractivity contribution is -0.385. The Labute approximate surface area is 162 Å². The van der Waals surface area contributed by atoms with Crippen LogP contribution < -0.4 is 4.74 Å². The van der Waals surface area contributed by atoms with Gasteiger partial charge in [-0.05, 0) is 17.7 Å². The van der Waals surface area contributed by atoms with E-state index in [-0.39, 0.29) is 23.7 Å². The van der Waals surface area contributed by atoms with E-state index >= 15 is 0 Å². The fourth-order valence-corrected chi connectivity index (χ4v) is 4.18. The minimum absolute atomic E-state index is 0.0184. The normalized spacial score (nSPS) is 17.2. The maximum Gasteiger partial charge on any atom is 0.310 e. The summed E-state index contributed by atoms with van der Waals surface area (Å²) in [7, 11) is -3.36. The Morgan fingerprint density at radius 2 is 1.82 bits per heavy atom. The van der Waals surface area contributed by atoms with E-state index in [9.17, 15) is 23.3 Å². The van der Waals surface area contributed by atoms with Crippen molar-refractivity contribution in [1.82, 2.24) is 4.90 Å². The topological polar surface area (TPSA) is 107 Å². The van der Waals surface area contributed by atoms with Crippen molar-refractivity contribution >= 4 is 21.4 Å². The van der Waals surface area contributed by atoms with E-state index in [2.05, 4.69) is 0 Å². The number of para-hydroxylation sites is 2. The van der Waals surface area contributed by atoms with Crippen molar-refractivity contribution in [1.29, 1.82) is 0 Å². The number of nitrogens with zero attached hydrogens (tertiary/aromatic N) is 2. The molecule has 1 atom stereocenters. The van der Waals surface area contributed by atoms with Crippen molar-refractivity contribution in [3.8, 4) is 5.75 Å². The van der Waals surface area contributed by atoms with Crippen LogP contribution in [0.3, 0.4) is 0 Å². The van der Waals surface area contributed by atoms with E-state index in [4.69, 9.17) is 4.74 Å². The van der Waals surface area contributed by atoms with Gasteiger partial charge in [-0.25, -0.2) is 8.42 Å². The molecule has 1 amide bonds. The Bertz CT molecular complexity index is 1000. The van der Waals surface area contributed by atoms with E-state index in [1.54, 1.807) is 6.07 Å². The highest BCUT2D eigenvalue weighted by Crippen LogP contribution is 2.26. The van der Waals surface area contributed by atoms with Crippen molar-refractivity contribution in [2.45, 2.75) is 12.6 Å². The van der Waals surface area contributed by atoms with Gasteiger partial charge < -0.3 is 9.64 Å². The molecule has 1 heterocycles. The smallest absolute Gasteiger partial charge is 0.310 e. The molecule has 0 spiro atoms. The van der Waals surface area contributed by atoms with Crippen LogP contribution in [-0.4, -0.2) is 42.5 Å². The summed E-state index contributed by atoms with van der Waals surface area (Å²) in [4.78, 5) is 24.7. The number of carbonyl (C=O) groups is 1. The number of nitro benzene ring substituents is 1. The molecule has 0 fully saturated rings. The SMILES string of the molecule is O=C(COc1ccccc1[N+](=O)[O-])N(Cc1ccccc1)[C@H]1C=CS(=O)(=O)C1. The van der Waals surface area contributed by atoms with E-state index in [1.807, 2.05) is 30.3 Å². The zero-order valence-electron chi connectivity index (χ0n) is 14.8. The summed E-state index contributed by atoms with van der Waals surface area (Å²) in [5, 5.41) is 12.2. The lowest BCUT2D eigenvalue weighted by Gasteiger charge is -2.27. The molecule has 2 aromatic carbocycles. The second kappa shape index (κ2) is 8.22. The molecule has 0 radical (unpaired) electrons. The third-order valence-corrected chi connectivity index (χ3v) is 5.62. The van der Waals surface area contributed by atoms with Crippen molar-refractivity contribution in [2.75, 3.05) is 12.4 Å². The molecular weight excluding hydrogens is 384 g/mol. The van der Waals surface area contributed by atoms with E-state index in [0.29, 0.717) is 0 Å². The first kappa shape index (κ1) is 19.6. The van der Waals surface area contributed by atoms with Crippen LogP contribution >= 0.6 is 0 Å². The molecule has 146 valence electrons. The van der Waals surface area contributed by atoms with Gasteiger partial charge in [0.2, 0.25) is 0 Å². The molecule has 0 aliphatic carbocycles. The largest absolute Gasteiger partial charge is 0.477 e. The number of nitro groups is 1. The molecular formula is C19H18N2O6S. The Balaban J connectivity index is 1.77. The number of ether oxygens (including phenoxy) is 1. The molecule has 1 aliphatic heterocycles. The van der Waals surface area contributed by atoms with Crippen molar-refractivity contribution in [3.63, 3.8) is 0 Å². The van der Waals surface area contributed by atoms with E-state index < -0.39 is 33.3 Å². The van der Waals surface area contributed by atoms with Gasteiger partial charge in [0.1, 0.15) is 0 Å². The minimum atomic E-state index is -3.36. The second-order valence-corrected chi connectivity index (χ2v) is 8.18. The van der Waals surface area contributed by atoms with Crippen LogP contribution in [0.5, 0.6) is 5.75 Å². The average molecular weight is 402 g/mol. The first-order valence-electron chi connectivity index (χ1n) is 8.46. The summed E-state index contributed by atoms with van der Waals surface area (Å²) < 4.78 is 29.0. The van der Waals surface area contributed by atoms with Gasteiger partial charge in [0.05, 0.1) is 16.7 Å². The van der Waals surface area contributed by atoms with Crippen LogP contribution in [0.15, 0.2) is 66.1 Å². The highest BCUT2D eigenvalue weighted by atomic mass is 32.2. The molecule has 9 heteroatoms. The number of benzene rings is 2. The van der Waals surface area contributed by atoms with E-state index in [0.717, 1.165) is 11.0 Å². The van der Waals surface area contributed by atoms with Crippen LogP contribution in [0, 0.1) is 10.1 Å². The summed E-state index contributed by atoms with van der Waals surface area (Å²) in [6, 6.07) is 14.3. The number of amides is 1. The van der Waals surface area contributed by atoms with Crippen LogP contribution in [0.1, 0.15) is 5.56 Å². The van der Waals surface area contributed by atoms with Gasteiger partial charge in [0, 0.05) is 18.0 Å². The maximum absolute atomic E-state index is 12.8. The third kappa shape index (κ3) is 4.74. The highest BCUT2D eigenvalue weighted by Gasteiger charge is 2.31. The van der Waals surface area contributed by atoms with Gasteiger partial charge in [-0.1, -0.05) is 42.5 Å². The molecule has 1 aliphatic rings. The monoisotopic (exact) mass is 402 g/mol. The molecule has 0 saturated heterocycles. The highest BCUT2D eigenvalue weighted by molar-refractivity contribution is 7.94. The number of hydrogen-bond acceptors (Lipinski definition) is 6. The first-order valence-corrected chi connectivity index (χ1v) is 10.2. The van der Waals surface area contributed by atoms with Gasteiger partial charge in [-0.15, -0.1) is 0 Å². The molecule has 2 aromatic rings. The zero-order valence-corrected chi connectivity index (χ0v) is 15.6. The first-order chi connectivity index (χ1) is 13.4. The van der Waals surface area contributed by atoms with Gasteiger partial charge >= 0.3 is 5.69 Å². The lowest BCUT2D eigenvalue weighted by Crippen LogP contribution is -2.42. The number of rotatable bonds is 7. The van der Waals surface area contributed by atoms with Crippen molar-refractivity contribution in [2.24, 2.45) is 0 Å². The zero-order chi connectivity index (χ0) is 20.1. The molecule has 0 N–H and O–H groups in total. The maximum atomic E-state index is 12.8. The molecule has 0 unspecified atom stereocenters. The van der Waals surface area contributed by atoms with Crippen LogP contribution in [-0.2, 0) is 21.2 Å². The predicted molar refractivity (Wildman–Crippen MR) is 102 cm³/mol. The molecule has 28 heavy (non-hydrogen) atoms. The average Bonchev–Trinajstić information content (AvgIpc) is 3.04. The van der Waals surface area contributed by atoms with Crippen molar-refractivity contribution < 1.29 is 22.9 Å². The van der Waals surface area contributed by atoms with Crippen LogP contribution in [0.25, 0.3) is 0 Å². The summed E-state index contributed by atoms with van der Waals surface area (Å²) in [6.45, 7) is -0.244. The van der Waals surface area contributed by atoms with Gasteiger partial charge in [0.25, 0.3) is 5.91 Å². The summed E-state index contributed by atoms with van der Waals surface area (Å²) >= 11 is 0. The molecule has 0 aromatic heterocycles. The molecule has 3 rings (SSSR count). The molecule has 0 saturated carbocycles. The van der Waals surface area contributed by atoms with Gasteiger partial charge in [0.15, 0.2) is 22.2 Å². The molecule has 8 nitrogen and oxygen atoms in total. The number of hydrogen-bond donors (Lipinski definition) is 0. The number of carbonyl (C=O) groups excluding carboxylic acids is 1. The Kier molecular flexibility index (Phi) is 5.74. The summed E-state index contributed by atoms with van der Waals surface area (Å²) in [5.74, 6) is -0.680. The Morgan fingerprint density at radius 3 is 2.46 bits per heavy atom. The van der Waals surface area contributed by atoms with Crippen LogP contribution in [0.2, 0.25) is 0 Å². The fourth-order valence-electron chi connectivity index (χ4n) is 2.88.